The highest BCUT2D eigenvalue weighted by atomic mass is 16.7. The Morgan fingerprint density at radius 1 is 1.08 bits per heavy atom. The van der Waals surface area contributed by atoms with E-state index in [2.05, 4.69) is 0 Å². The van der Waals surface area contributed by atoms with Gasteiger partial charge in [0.05, 0.1) is 18.8 Å². The van der Waals surface area contributed by atoms with Crippen molar-refractivity contribution in [1.29, 1.82) is 0 Å². The van der Waals surface area contributed by atoms with Gasteiger partial charge < -0.3 is 19.3 Å². The Morgan fingerprint density at radius 2 is 1.92 bits per heavy atom. The van der Waals surface area contributed by atoms with Gasteiger partial charge in [-0.15, -0.1) is 0 Å². The number of hydrogen-bond donors (Lipinski definition) is 1. The predicted molar refractivity (Wildman–Crippen MR) is 38.5 cm³/mol. The van der Waals surface area contributed by atoms with Crippen LogP contribution in [0, 0.1) is 0 Å². The van der Waals surface area contributed by atoms with Gasteiger partial charge in [0.25, 0.3) is 0 Å². The third kappa shape index (κ3) is 0.925. The summed E-state index contributed by atoms with van der Waals surface area (Å²) >= 11 is 0. The molecule has 4 heterocycles. The fourth-order valence-corrected chi connectivity index (χ4v) is 2.10. The van der Waals surface area contributed by atoms with Gasteiger partial charge in [0.15, 0.2) is 6.29 Å². The molecule has 4 fully saturated rings. The number of rotatable bonds is 0. The molecule has 68 valence electrons. The molecule has 0 amide bonds. The molecule has 0 spiro atoms. The summed E-state index contributed by atoms with van der Waals surface area (Å²) in [6, 6.07) is 0. The maximum atomic E-state index is 9.68. The maximum Gasteiger partial charge on any atom is 0.160 e. The summed E-state index contributed by atoms with van der Waals surface area (Å²) in [6.07, 6.45) is 1.21. The summed E-state index contributed by atoms with van der Waals surface area (Å²) in [4.78, 5) is 0. The Bertz CT molecular complexity index is 189. The summed E-state index contributed by atoms with van der Waals surface area (Å²) in [6.45, 7) is 0.512. The van der Waals surface area contributed by atoms with Crippen LogP contribution in [0.2, 0.25) is 0 Å². The molecule has 3 unspecified atom stereocenters. The number of hydrogen-bond acceptors (Lipinski definition) is 4. The molecule has 12 heavy (non-hydrogen) atoms. The summed E-state index contributed by atoms with van der Waals surface area (Å²) < 4.78 is 16.3. The van der Waals surface area contributed by atoms with Gasteiger partial charge in [-0.3, -0.25) is 0 Å². The normalized spacial score (nSPS) is 57.2. The van der Waals surface area contributed by atoms with Gasteiger partial charge >= 0.3 is 0 Å². The fourth-order valence-electron chi connectivity index (χ4n) is 2.10. The maximum absolute atomic E-state index is 9.68. The third-order valence-corrected chi connectivity index (χ3v) is 2.85. The zero-order chi connectivity index (χ0) is 8.13. The van der Waals surface area contributed by atoms with Crippen LogP contribution in [-0.2, 0) is 14.2 Å². The van der Waals surface area contributed by atoms with E-state index in [0.29, 0.717) is 6.61 Å². The summed E-state index contributed by atoms with van der Waals surface area (Å²) in [5.74, 6) is 0. The average Bonchev–Trinajstić information content (AvgIpc) is 2.41. The van der Waals surface area contributed by atoms with Gasteiger partial charge in [-0.25, -0.2) is 0 Å². The van der Waals surface area contributed by atoms with Crippen molar-refractivity contribution in [2.24, 2.45) is 0 Å². The van der Waals surface area contributed by atoms with E-state index in [1.54, 1.807) is 0 Å². The lowest BCUT2D eigenvalue weighted by Crippen LogP contribution is -2.53. The van der Waals surface area contributed by atoms with Gasteiger partial charge in [-0.2, -0.15) is 0 Å². The zero-order valence-electron chi connectivity index (χ0n) is 6.68. The van der Waals surface area contributed by atoms with Crippen LogP contribution in [-0.4, -0.2) is 42.4 Å². The minimum absolute atomic E-state index is 0.0114. The first-order valence-electron chi connectivity index (χ1n) is 4.43. The van der Waals surface area contributed by atoms with Crippen molar-refractivity contribution in [2.75, 3.05) is 6.61 Å². The smallest absolute Gasteiger partial charge is 0.160 e. The molecule has 0 aromatic rings. The van der Waals surface area contributed by atoms with Crippen molar-refractivity contribution < 1.29 is 19.3 Å². The molecular weight excluding hydrogens is 160 g/mol. The first-order valence-corrected chi connectivity index (χ1v) is 4.43. The van der Waals surface area contributed by atoms with E-state index in [1.807, 2.05) is 0 Å². The number of ether oxygens (including phenoxy) is 3. The molecule has 0 saturated carbocycles. The minimum atomic E-state index is -0.494. The van der Waals surface area contributed by atoms with Gasteiger partial charge in [-0.05, 0) is 0 Å². The molecule has 4 aliphatic heterocycles. The van der Waals surface area contributed by atoms with Gasteiger partial charge in [0.2, 0.25) is 0 Å². The molecule has 4 nitrogen and oxygen atoms in total. The van der Waals surface area contributed by atoms with E-state index in [-0.39, 0.29) is 24.6 Å². The SMILES string of the molecule is O[C@H]1C2CC(C[C@@H]3OCC1O3)O2. The van der Waals surface area contributed by atoms with Crippen molar-refractivity contribution in [2.45, 2.75) is 43.5 Å². The molecule has 4 bridgehead atoms. The van der Waals surface area contributed by atoms with Crippen LogP contribution in [0.15, 0.2) is 0 Å². The second-order valence-corrected chi connectivity index (χ2v) is 3.70. The van der Waals surface area contributed by atoms with Crippen LogP contribution in [0.3, 0.4) is 0 Å². The lowest BCUT2D eigenvalue weighted by atomic mass is 9.94. The molecule has 4 heteroatoms. The first kappa shape index (κ1) is 7.26. The largest absolute Gasteiger partial charge is 0.388 e. The Labute approximate surface area is 70.4 Å². The Kier molecular flexibility index (Phi) is 1.46. The fraction of sp³-hybridized carbons (Fsp3) is 1.00. The van der Waals surface area contributed by atoms with Crippen molar-refractivity contribution in [1.82, 2.24) is 0 Å². The van der Waals surface area contributed by atoms with Gasteiger partial charge in [-0.1, -0.05) is 0 Å². The molecule has 0 aromatic carbocycles. The second kappa shape index (κ2) is 2.42. The zero-order valence-corrected chi connectivity index (χ0v) is 6.68. The predicted octanol–water partition coefficient (Wildman–Crippen LogP) is -0.350. The topological polar surface area (TPSA) is 47.9 Å². The van der Waals surface area contributed by atoms with Gasteiger partial charge in [0.1, 0.15) is 12.2 Å². The van der Waals surface area contributed by atoms with E-state index < -0.39 is 6.10 Å². The van der Waals surface area contributed by atoms with Gasteiger partial charge in [0, 0.05) is 12.8 Å². The van der Waals surface area contributed by atoms with Crippen LogP contribution >= 0.6 is 0 Å². The average molecular weight is 172 g/mol. The summed E-state index contributed by atoms with van der Waals surface area (Å²) in [5, 5.41) is 9.68. The van der Waals surface area contributed by atoms with Crippen LogP contribution in [0.1, 0.15) is 12.8 Å². The number of aliphatic hydroxyl groups is 1. The van der Waals surface area contributed by atoms with Crippen LogP contribution in [0.25, 0.3) is 0 Å². The minimum Gasteiger partial charge on any atom is -0.388 e. The molecule has 4 aliphatic rings. The molecule has 0 aliphatic carbocycles. The van der Waals surface area contributed by atoms with E-state index in [4.69, 9.17) is 14.2 Å². The molecule has 5 atom stereocenters. The Hall–Kier alpha value is -0.160. The van der Waals surface area contributed by atoms with Crippen LogP contribution in [0.5, 0.6) is 0 Å². The lowest BCUT2D eigenvalue weighted by molar-refractivity contribution is -0.236. The van der Waals surface area contributed by atoms with E-state index in [9.17, 15) is 5.11 Å². The van der Waals surface area contributed by atoms with Crippen molar-refractivity contribution in [3.8, 4) is 0 Å². The third-order valence-electron chi connectivity index (χ3n) is 2.85. The highest BCUT2D eigenvalue weighted by molar-refractivity contribution is 4.92. The Morgan fingerprint density at radius 3 is 2.75 bits per heavy atom. The lowest BCUT2D eigenvalue weighted by Gasteiger charge is -2.42. The highest BCUT2D eigenvalue weighted by Gasteiger charge is 2.47. The standard InChI is InChI=1S/C8H12O4/c9-8-5-1-4(11-5)2-7-10-3-6(8)12-7/h4-9H,1-3H2/t4?,5?,6?,7-,8+/m1/s1. The monoisotopic (exact) mass is 172 g/mol. The van der Waals surface area contributed by atoms with E-state index in [1.165, 1.54) is 0 Å². The van der Waals surface area contributed by atoms with Crippen LogP contribution < -0.4 is 0 Å². The van der Waals surface area contributed by atoms with Crippen molar-refractivity contribution in [3.05, 3.63) is 0 Å². The van der Waals surface area contributed by atoms with Crippen LogP contribution in [0.4, 0.5) is 0 Å². The van der Waals surface area contributed by atoms with Crippen molar-refractivity contribution >= 4 is 0 Å². The quantitative estimate of drug-likeness (QED) is 0.542. The molecule has 4 rings (SSSR count). The summed E-state index contributed by atoms with van der Waals surface area (Å²) in [7, 11) is 0. The van der Waals surface area contributed by atoms with E-state index in [0.717, 1.165) is 12.8 Å². The molecular formula is C8H12O4. The number of aliphatic hydroxyl groups excluding tert-OH is 1. The van der Waals surface area contributed by atoms with Crippen molar-refractivity contribution in [3.63, 3.8) is 0 Å². The molecule has 1 N–H and O–H groups in total. The second-order valence-electron chi connectivity index (χ2n) is 3.70. The first-order chi connectivity index (χ1) is 5.83. The molecule has 0 aromatic heterocycles. The Balaban J connectivity index is 1.81. The molecule has 4 saturated heterocycles. The highest BCUT2D eigenvalue weighted by Crippen LogP contribution is 2.35. The molecule has 0 radical (unpaired) electrons. The van der Waals surface area contributed by atoms with E-state index >= 15 is 0 Å². The summed E-state index contributed by atoms with van der Waals surface area (Å²) in [5.41, 5.74) is 0.